The van der Waals surface area contributed by atoms with Gasteiger partial charge in [0, 0.05) is 26.4 Å². The monoisotopic (exact) mass is 442 g/mol. The van der Waals surface area contributed by atoms with Gasteiger partial charge in [0.25, 0.3) is 0 Å². The molecule has 0 spiro atoms. The van der Waals surface area contributed by atoms with E-state index in [-0.39, 0.29) is 31.1 Å². The minimum atomic E-state index is 0. The molecular formula is C22H32F2N2O2Ti. The fourth-order valence-corrected chi connectivity index (χ4v) is 2.17. The smallest absolute Gasteiger partial charge is 1.00 e. The fourth-order valence-electron chi connectivity index (χ4n) is 2.17. The van der Waals surface area contributed by atoms with Gasteiger partial charge in [0.15, 0.2) is 0 Å². The van der Waals surface area contributed by atoms with Gasteiger partial charge in [-0.05, 0) is 25.7 Å². The predicted octanol–water partition coefficient (Wildman–Crippen LogP) is 0.242. The van der Waals surface area contributed by atoms with Gasteiger partial charge >= 0.3 is 21.7 Å². The van der Waals surface area contributed by atoms with E-state index in [4.69, 9.17) is 9.47 Å². The van der Waals surface area contributed by atoms with Crippen molar-refractivity contribution in [3.8, 4) is 0 Å². The van der Waals surface area contributed by atoms with Gasteiger partial charge in [0.2, 0.25) is 0 Å². The molecule has 2 heterocycles. The summed E-state index contributed by atoms with van der Waals surface area (Å²) in [4.78, 5) is 0. The van der Waals surface area contributed by atoms with Crippen LogP contribution in [-0.2, 0) is 31.2 Å². The molecule has 29 heavy (non-hydrogen) atoms. The second kappa shape index (κ2) is 24.6. The van der Waals surface area contributed by atoms with Crippen molar-refractivity contribution in [1.29, 1.82) is 0 Å². The summed E-state index contributed by atoms with van der Waals surface area (Å²) in [6, 6.07) is 19.7. The predicted molar refractivity (Wildman–Crippen MR) is 111 cm³/mol. The summed E-state index contributed by atoms with van der Waals surface area (Å²) < 4.78 is 9.89. The Kier molecular flexibility index (Phi) is 27.3. The van der Waals surface area contributed by atoms with Gasteiger partial charge in [-0.3, -0.25) is 0 Å². The van der Waals surface area contributed by atoms with Gasteiger partial charge in [-0.25, -0.2) is 0 Å². The van der Waals surface area contributed by atoms with Crippen molar-refractivity contribution in [2.75, 3.05) is 40.5 Å². The second-order valence-corrected chi connectivity index (χ2v) is 5.76. The Labute approximate surface area is 189 Å². The zero-order valence-corrected chi connectivity index (χ0v) is 19.0. The first kappa shape index (κ1) is 32.2. The maximum absolute atomic E-state index is 4.94. The second-order valence-electron chi connectivity index (χ2n) is 5.76. The summed E-state index contributed by atoms with van der Waals surface area (Å²) in [5, 5.41) is 7.94. The Morgan fingerprint density at radius 2 is 0.828 bits per heavy atom. The minimum Gasteiger partial charge on any atom is -1.00 e. The zero-order chi connectivity index (χ0) is 18.7. The molecule has 0 amide bonds. The summed E-state index contributed by atoms with van der Waals surface area (Å²) in [7, 11) is 3.57. The van der Waals surface area contributed by atoms with Crippen molar-refractivity contribution < 1.29 is 40.6 Å². The number of hydrogen-bond donors (Lipinski definition) is 0. The van der Waals surface area contributed by atoms with Gasteiger partial charge < -0.3 is 29.5 Å². The number of rotatable bonds is 2. The van der Waals surface area contributed by atoms with Crippen LogP contribution in [0.1, 0.15) is 25.7 Å². The largest absolute Gasteiger partial charge is 4.00 e. The van der Waals surface area contributed by atoms with Crippen LogP contribution < -0.4 is 9.41 Å². The van der Waals surface area contributed by atoms with E-state index in [2.05, 4.69) is 10.6 Å². The van der Waals surface area contributed by atoms with Gasteiger partial charge in [-0.1, -0.05) is 60.7 Å². The topological polar surface area (TPSA) is 46.7 Å². The van der Waals surface area contributed by atoms with Crippen molar-refractivity contribution >= 4 is 11.4 Å². The molecule has 2 fully saturated rings. The molecule has 2 saturated heterocycles. The van der Waals surface area contributed by atoms with E-state index < -0.39 is 0 Å². The molecular weight excluding hydrogens is 410 g/mol. The Morgan fingerprint density at radius 3 is 0.966 bits per heavy atom. The molecule has 0 N–H and O–H groups in total. The summed E-state index contributed by atoms with van der Waals surface area (Å²) in [5.41, 5.74) is 2.07. The summed E-state index contributed by atoms with van der Waals surface area (Å²) in [5.74, 6) is 0. The molecule has 2 aromatic rings. The molecule has 0 atom stereocenters. The van der Waals surface area contributed by atoms with Gasteiger partial charge in [0.05, 0.1) is 0 Å². The molecule has 0 radical (unpaired) electrons. The molecule has 2 aromatic carbocycles. The van der Waals surface area contributed by atoms with Crippen molar-refractivity contribution in [1.82, 2.24) is 0 Å². The van der Waals surface area contributed by atoms with Crippen LogP contribution in [0.4, 0.5) is 11.4 Å². The molecule has 160 valence electrons. The SMILES string of the molecule is C1CCOC1.C1CCOC1.C[N-]c1ccccc1.C[N-]c1ccccc1.[F-].[F-].[Ti+4]. The van der Waals surface area contributed by atoms with Crippen LogP contribution >= 0.6 is 0 Å². The van der Waals surface area contributed by atoms with Crippen molar-refractivity contribution in [2.24, 2.45) is 0 Å². The first-order chi connectivity index (χ1) is 12.9. The molecule has 0 aliphatic carbocycles. The number of nitrogens with zero attached hydrogens (tertiary/aromatic N) is 2. The molecule has 4 nitrogen and oxygen atoms in total. The molecule has 2 aliphatic rings. The number of halogens is 2. The van der Waals surface area contributed by atoms with E-state index in [1.165, 1.54) is 25.7 Å². The van der Waals surface area contributed by atoms with Crippen molar-refractivity contribution in [3.05, 3.63) is 71.3 Å². The average Bonchev–Trinajstić information content (AvgIpc) is 3.48. The van der Waals surface area contributed by atoms with Gasteiger partial charge in [0.1, 0.15) is 0 Å². The van der Waals surface area contributed by atoms with Crippen LogP contribution in [-0.4, -0.2) is 40.5 Å². The van der Waals surface area contributed by atoms with E-state index >= 15 is 0 Å². The van der Waals surface area contributed by atoms with Crippen LogP contribution in [0.15, 0.2) is 60.7 Å². The Morgan fingerprint density at radius 1 is 0.552 bits per heavy atom. The standard InChI is InChI=1S/2C7H8N.2C4H8O.2FH.Ti/c2*1-8-7-5-3-2-4-6-7;2*1-2-4-5-3-1;;;/h2*2-6H,1H3;2*1-4H2;2*1H;/q2*-1;;;;;+4/p-2. The normalized spacial score (nSPS) is 13.0. The van der Waals surface area contributed by atoms with Crippen LogP contribution in [0.3, 0.4) is 0 Å². The Balaban J connectivity index is -0.000000306. The quantitative estimate of drug-likeness (QED) is 0.626. The average molecular weight is 442 g/mol. The van der Waals surface area contributed by atoms with Crippen LogP contribution in [0, 0.1) is 0 Å². The van der Waals surface area contributed by atoms with E-state index in [0.29, 0.717) is 0 Å². The molecule has 7 heteroatoms. The van der Waals surface area contributed by atoms with E-state index in [1.54, 1.807) is 14.1 Å². The molecule has 2 aliphatic heterocycles. The van der Waals surface area contributed by atoms with Crippen LogP contribution in [0.25, 0.3) is 10.6 Å². The number of para-hydroxylation sites is 2. The summed E-state index contributed by atoms with van der Waals surface area (Å²) in [6.45, 7) is 4.00. The summed E-state index contributed by atoms with van der Waals surface area (Å²) >= 11 is 0. The van der Waals surface area contributed by atoms with Crippen LogP contribution in [0.5, 0.6) is 0 Å². The molecule has 0 saturated carbocycles. The molecule has 4 rings (SSSR count). The third-order valence-corrected chi connectivity index (χ3v) is 3.68. The first-order valence-electron chi connectivity index (χ1n) is 9.32. The van der Waals surface area contributed by atoms with Crippen molar-refractivity contribution in [3.63, 3.8) is 0 Å². The Bertz CT molecular complexity index is 464. The number of hydrogen-bond acceptors (Lipinski definition) is 2. The third kappa shape index (κ3) is 19.6. The third-order valence-electron chi connectivity index (χ3n) is 3.68. The zero-order valence-electron chi connectivity index (χ0n) is 17.4. The van der Waals surface area contributed by atoms with E-state index in [0.717, 1.165) is 37.8 Å². The fraction of sp³-hybridized carbons (Fsp3) is 0.455. The van der Waals surface area contributed by atoms with Gasteiger partial charge in [-0.15, -0.1) is 25.5 Å². The maximum atomic E-state index is 4.94. The summed E-state index contributed by atoms with van der Waals surface area (Å²) in [6.07, 6.45) is 5.11. The maximum Gasteiger partial charge on any atom is 4.00 e. The first-order valence-corrected chi connectivity index (χ1v) is 9.32. The number of benzene rings is 2. The molecule has 0 unspecified atom stereocenters. The van der Waals surface area contributed by atoms with Crippen molar-refractivity contribution in [2.45, 2.75) is 25.7 Å². The van der Waals surface area contributed by atoms with E-state index in [1.807, 2.05) is 60.7 Å². The molecule has 0 bridgehead atoms. The van der Waals surface area contributed by atoms with E-state index in [9.17, 15) is 0 Å². The number of ether oxygens (including phenoxy) is 2. The molecule has 0 aromatic heterocycles. The van der Waals surface area contributed by atoms with Gasteiger partial charge in [-0.2, -0.15) is 0 Å². The van der Waals surface area contributed by atoms with Crippen LogP contribution in [0.2, 0.25) is 0 Å². The minimum absolute atomic E-state index is 0. The Hall–Kier alpha value is -1.47.